The first-order valence-electron chi connectivity index (χ1n) is 23.0. The molecule has 0 aliphatic rings. The molecule has 0 bridgehead atoms. The highest BCUT2D eigenvalue weighted by molar-refractivity contribution is 6.24. The largest absolute Gasteiger partial charge is 0.456 e. The molecule has 0 fully saturated rings. The van der Waals surface area contributed by atoms with Crippen molar-refractivity contribution < 1.29 is 22.2 Å². The quantitative estimate of drug-likeness (QED) is 0.136. The van der Waals surface area contributed by atoms with Crippen LogP contribution in [0.4, 0.5) is 0 Å². The Hall–Kier alpha value is -6.70. The Labute approximate surface area is 312 Å². The molecule has 0 radical (unpaired) electrons. The summed E-state index contributed by atoms with van der Waals surface area (Å²) >= 11 is 0. The van der Waals surface area contributed by atoms with Gasteiger partial charge in [-0.05, 0) is 118 Å². The fraction of sp³-hybridized carbons (Fsp3) is 0. The molecule has 11 aromatic rings. The molecule has 0 saturated heterocycles. The molecule has 0 aliphatic carbocycles. The first-order valence-corrected chi connectivity index (χ1v) is 16.5. The number of fused-ring (bicyclic) bond motifs is 10. The maximum Gasteiger partial charge on any atom is 0.136 e. The predicted molar refractivity (Wildman–Crippen MR) is 218 cm³/mol. The molecule has 0 atom stereocenters. The molecule has 1 heteroatoms. The standard InChI is InChI=1S/C50H30O/c1-2-12-31(13-3-1)43-28-33-15-5-6-16-36(33)44-29-34(22-25-38(43)44)48-39-18-8-10-20-41(39)49(42-21-11-9-19-40(42)48)35-24-26-46-45(30-35)50-37-17-7-4-14-32(37)23-27-47(50)51-46/h1-30H/i1D,2D,3D,8D,9D,10D,11D,12D,13D,18D,19D,20D,21D. The van der Waals surface area contributed by atoms with Crippen molar-refractivity contribution in [1.29, 1.82) is 0 Å². The maximum atomic E-state index is 9.53. The van der Waals surface area contributed by atoms with Gasteiger partial charge in [0.15, 0.2) is 0 Å². The van der Waals surface area contributed by atoms with Crippen LogP contribution in [0.2, 0.25) is 0 Å². The zero-order chi connectivity index (χ0) is 44.8. The van der Waals surface area contributed by atoms with Gasteiger partial charge in [0.1, 0.15) is 11.2 Å². The molecule has 0 saturated carbocycles. The predicted octanol–water partition coefficient (Wildman–Crippen LogP) is 14.4. The molecule has 0 amide bonds. The molecule has 0 N–H and O–H groups in total. The average Bonchev–Trinajstić information content (AvgIpc) is 3.70. The molecular formula is C50H30O. The molecule has 1 aromatic heterocycles. The van der Waals surface area contributed by atoms with Crippen LogP contribution in [0.3, 0.4) is 0 Å². The Kier molecular flexibility index (Phi) is 3.92. The third kappa shape index (κ3) is 4.22. The fourth-order valence-corrected chi connectivity index (χ4v) is 7.76. The molecule has 1 heterocycles. The summed E-state index contributed by atoms with van der Waals surface area (Å²) in [5.41, 5.74) is 2.78. The van der Waals surface area contributed by atoms with Crippen LogP contribution >= 0.6 is 0 Å². The van der Waals surface area contributed by atoms with Crippen LogP contribution in [-0.4, -0.2) is 0 Å². The van der Waals surface area contributed by atoms with Crippen molar-refractivity contribution >= 4 is 75.8 Å². The second-order valence-electron chi connectivity index (χ2n) is 12.6. The van der Waals surface area contributed by atoms with Gasteiger partial charge in [-0.3, -0.25) is 0 Å². The fourth-order valence-electron chi connectivity index (χ4n) is 7.76. The summed E-state index contributed by atoms with van der Waals surface area (Å²) in [7, 11) is 0. The third-order valence-corrected chi connectivity index (χ3v) is 9.94. The third-order valence-electron chi connectivity index (χ3n) is 9.94. The van der Waals surface area contributed by atoms with Gasteiger partial charge in [0.2, 0.25) is 0 Å². The lowest BCUT2D eigenvalue weighted by Gasteiger charge is -2.19. The van der Waals surface area contributed by atoms with E-state index in [2.05, 4.69) is 0 Å². The van der Waals surface area contributed by atoms with Crippen molar-refractivity contribution in [2.45, 2.75) is 0 Å². The lowest BCUT2D eigenvalue weighted by molar-refractivity contribution is 0.669. The van der Waals surface area contributed by atoms with Crippen LogP contribution in [0.1, 0.15) is 17.8 Å². The lowest BCUT2D eigenvalue weighted by Crippen LogP contribution is -1.91. The number of benzene rings is 10. The van der Waals surface area contributed by atoms with Crippen molar-refractivity contribution in [1.82, 2.24) is 0 Å². The van der Waals surface area contributed by atoms with Crippen molar-refractivity contribution in [3.8, 4) is 33.4 Å². The molecule has 236 valence electrons. The van der Waals surface area contributed by atoms with E-state index in [0.29, 0.717) is 49.4 Å². The zero-order valence-corrected chi connectivity index (χ0v) is 26.7. The van der Waals surface area contributed by atoms with E-state index >= 15 is 0 Å². The van der Waals surface area contributed by atoms with Gasteiger partial charge in [-0.15, -0.1) is 0 Å². The molecule has 51 heavy (non-hydrogen) atoms. The van der Waals surface area contributed by atoms with E-state index in [1.165, 1.54) is 0 Å². The Morgan fingerprint density at radius 3 is 1.63 bits per heavy atom. The lowest BCUT2D eigenvalue weighted by atomic mass is 9.84. The average molecular weight is 660 g/mol. The Balaban J connectivity index is 1.32. The summed E-state index contributed by atoms with van der Waals surface area (Å²) in [5.74, 6) is 0. The second kappa shape index (κ2) is 10.9. The number of rotatable bonds is 3. The van der Waals surface area contributed by atoms with Gasteiger partial charge in [0.05, 0.1) is 17.8 Å². The summed E-state index contributed by atoms with van der Waals surface area (Å²) in [4.78, 5) is 0. The smallest absolute Gasteiger partial charge is 0.136 e. The maximum absolute atomic E-state index is 9.53. The van der Waals surface area contributed by atoms with Crippen LogP contribution in [0.5, 0.6) is 0 Å². The summed E-state index contributed by atoms with van der Waals surface area (Å²) in [6.07, 6.45) is 0. The molecule has 11 rings (SSSR count). The summed E-state index contributed by atoms with van der Waals surface area (Å²) < 4.78 is 123. The Bertz CT molecular complexity index is 3840. The van der Waals surface area contributed by atoms with Crippen LogP contribution in [0.15, 0.2) is 186 Å². The highest BCUT2D eigenvalue weighted by atomic mass is 16.3. The van der Waals surface area contributed by atoms with E-state index in [1.807, 2.05) is 66.7 Å². The highest BCUT2D eigenvalue weighted by Crippen LogP contribution is 2.46. The van der Waals surface area contributed by atoms with E-state index in [0.717, 1.165) is 21.5 Å². The van der Waals surface area contributed by atoms with Gasteiger partial charge in [-0.25, -0.2) is 0 Å². The van der Waals surface area contributed by atoms with Crippen molar-refractivity contribution in [2.75, 3.05) is 0 Å². The summed E-state index contributed by atoms with van der Waals surface area (Å²) in [5, 5.41) is 6.22. The SMILES string of the molecule is [2H]c1c([2H])c([2H])c(-c2cc3ccccc3c3cc(-c4c5c([2H])c([2H])c([2H])c([2H])c5c(-c5ccc6oc7ccc8ccccc8c7c6c5)c5c([2H])c([2H])c([2H])c([2H])c45)ccc23)c([2H])c1[2H]. The summed E-state index contributed by atoms with van der Waals surface area (Å²) in [6, 6.07) is 25.5. The van der Waals surface area contributed by atoms with E-state index in [-0.39, 0.29) is 62.4 Å². The zero-order valence-electron chi connectivity index (χ0n) is 39.7. The molecule has 0 aliphatic heterocycles. The van der Waals surface area contributed by atoms with Gasteiger partial charge in [-0.2, -0.15) is 0 Å². The number of hydrogen-bond acceptors (Lipinski definition) is 1. The number of furan rings is 1. The van der Waals surface area contributed by atoms with Gasteiger partial charge in [-0.1, -0.05) is 151 Å². The van der Waals surface area contributed by atoms with Crippen LogP contribution in [0.25, 0.3) is 109 Å². The van der Waals surface area contributed by atoms with E-state index in [1.54, 1.807) is 36.4 Å². The van der Waals surface area contributed by atoms with E-state index in [9.17, 15) is 5.48 Å². The van der Waals surface area contributed by atoms with Gasteiger partial charge >= 0.3 is 0 Å². The molecule has 0 unspecified atom stereocenters. The normalized spacial score (nSPS) is 15.5. The second-order valence-corrected chi connectivity index (χ2v) is 12.6. The van der Waals surface area contributed by atoms with E-state index < -0.39 is 54.4 Å². The minimum Gasteiger partial charge on any atom is -0.456 e. The van der Waals surface area contributed by atoms with Crippen LogP contribution in [0, 0.1) is 0 Å². The molecular weight excluding hydrogens is 617 g/mol. The number of hydrogen-bond donors (Lipinski definition) is 0. The van der Waals surface area contributed by atoms with Gasteiger partial charge in [0, 0.05) is 10.8 Å². The van der Waals surface area contributed by atoms with Crippen molar-refractivity contribution in [2.24, 2.45) is 0 Å². The van der Waals surface area contributed by atoms with Crippen molar-refractivity contribution in [3.63, 3.8) is 0 Å². The van der Waals surface area contributed by atoms with Crippen molar-refractivity contribution in [3.05, 3.63) is 182 Å². The van der Waals surface area contributed by atoms with E-state index in [4.69, 9.17) is 16.8 Å². The monoisotopic (exact) mass is 659 g/mol. The minimum absolute atomic E-state index is 0.00774. The first kappa shape index (κ1) is 18.3. The molecule has 1 nitrogen and oxygen atoms in total. The minimum atomic E-state index is -0.526. The van der Waals surface area contributed by atoms with Crippen LogP contribution < -0.4 is 0 Å². The Morgan fingerprint density at radius 2 is 0.922 bits per heavy atom. The first-order chi connectivity index (χ1) is 30.7. The Morgan fingerprint density at radius 1 is 0.353 bits per heavy atom. The highest BCUT2D eigenvalue weighted by Gasteiger charge is 2.19. The molecule has 0 spiro atoms. The van der Waals surface area contributed by atoms with Gasteiger partial charge < -0.3 is 4.42 Å². The van der Waals surface area contributed by atoms with Crippen LogP contribution in [-0.2, 0) is 0 Å². The van der Waals surface area contributed by atoms with Gasteiger partial charge in [0.25, 0.3) is 0 Å². The summed E-state index contributed by atoms with van der Waals surface area (Å²) in [6.45, 7) is 0. The topological polar surface area (TPSA) is 13.1 Å². The molecule has 10 aromatic carbocycles.